The van der Waals surface area contributed by atoms with Crippen LogP contribution >= 0.6 is 11.8 Å². The minimum absolute atomic E-state index is 0.102. The average molecular weight is 686 g/mol. The third kappa shape index (κ3) is 16.6. The van der Waals surface area contributed by atoms with Crippen LogP contribution in [-0.4, -0.2) is 36.8 Å². The van der Waals surface area contributed by atoms with Gasteiger partial charge in [0.1, 0.15) is 23.5 Å². The molecule has 0 fully saturated rings. The summed E-state index contributed by atoms with van der Waals surface area (Å²) in [4.78, 5) is 1.83. The van der Waals surface area contributed by atoms with Gasteiger partial charge in [0, 0.05) is 36.5 Å². The molecule has 0 radical (unpaired) electrons. The number of halogens is 2. The summed E-state index contributed by atoms with van der Waals surface area (Å²) in [6.45, 7) is 23.8. The Morgan fingerprint density at radius 1 is 1.06 bits per heavy atom. The van der Waals surface area contributed by atoms with Gasteiger partial charge in [-0.2, -0.15) is 4.39 Å². The number of aliphatic hydroxyl groups is 2. The predicted octanol–water partition coefficient (Wildman–Crippen LogP) is 11.9. The minimum Gasteiger partial charge on any atom is -0.512 e. The van der Waals surface area contributed by atoms with Crippen molar-refractivity contribution in [1.82, 2.24) is 0 Å². The third-order valence-electron chi connectivity index (χ3n) is 8.88. The van der Waals surface area contributed by atoms with Crippen molar-refractivity contribution < 1.29 is 33.2 Å². The molecule has 4 N–H and O–H groups in total. The van der Waals surface area contributed by atoms with Crippen LogP contribution in [0.15, 0.2) is 47.8 Å². The monoisotopic (exact) mass is 685 g/mol. The van der Waals surface area contributed by atoms with Crippen LogP contribution in [0.1, 0.15) is 120 Å². The van der Waals surface area contributed by atoms with Gasteiger partial charge in [0.05, 0.1) is 0 Å². The summed E-state index contributed by atoms with van der Waals surface area (Å²) in [7, 11) is 1.68. The van der Waals surface area contributed by atoms with Gasteiger partial charge in [-0.1, -0.05) is 99.6 Å². The van der Waals surface area contributed by atoms with E-state index < -0.39 is 18.3 Å². The van der Waals surface area contributed by atoms with Crippen LogP contribution in [0, 0.1) is 28.6 Å². The maximum Gasteiger partial charge on any atom is 0.294 e. The Kier molecular flexibility index (Phi) is 21.3. The lowest BCUT2D eigenvalue weighted by Gasteiger charge is -2.41. The zero-order chi connectivity index (χ0) is 36.4. The number of alkyl halides is 2. The van der Waals surface area contributed by atoms with Gasteiger partial charge in [0.2, 0.25) is 6.36 Å². The summed E-state index contributed by atoms with van der Waals surface area (Å²) in [6.07, 6.45) is 8.23. The highest BCUT2D eigenvalue weighted by Crippen LogP contribution is 2.47. The molecule has 0 aliphatic rings. The Balaban J connectivity index is 0.000000909. The van der Waals surface area contributed by atoms with Crippen molar-refractivity contribution in [2.45, 2.75) is 127 Å². The SMILES string of the molecule is C=C(S/C(=C\C(C)CC)CC)c1cc(OC(N)F)ccc1OC(C)F.CCC(C)CC(CC(CC)(CCOC)C(O)=CO)C(C)(C)C. The third-order valence-corrected chi connectivity index (χ3v) is 10.0. The molecule has 0 amide bonds. The van der Waals surface area contributed by atoms with Crippen molar-refractivity contribution in [1.29, 1.82) is 0 Å². The molecule has 0 heterocycles. The summed E-state index contributed by atoms with van der Waals surface area (Å²) < 4.78 is 41.5. The van der Waals surface area contributed by atoms with E-state index in [0.717, 1.165) is 49.7 Å². The fourth-order valence-electron chi connectivity index (χ4n) is 5.22. The molecule has 0 saturated carbocycles. The van der Waals surface area contributed by atoms with Crippen molar-refractivity contribution >= 4 is 16.7 Å². The molecular weight excluding hydrogens is 620 g/mol. The number of rotatable bonds is 20. The number of hydrogen-bond donors (Lipinski definition) is 3. The quantitative estimate of drug-likeness (QED) is 0.0714. The highest BCUT2D eigenvalue weighted by atomic mass is 32.2. The summed E-state index contributed by atoms with van der Waals surface area (Å²) in [5, 5.41) is 19.7. The summed E-state index contributed by atoms with van der Waals surface area (Å²) in [5.41, 5.74) is 5.36. The van der Waals surface area contributed by atoms with Gasteiger partial charge in [-0.3, -0.25) is 5.73 Å². The van der Waals surface area contributed by atoms with Gasteiger partial charge in [0.25, 0.3) is 6.48 Å². The molecule has 1 aromatic rings. The van der Waals surface area contributed by atoms with Crippen LogP contribution in [0.3, 0.4) is 0 Å². The first kappa shape index (κ1) is 44.8. The maximum atomic E-state index is 13.3. The zero-order valence-electron chi connectivity index (χ0n) is 31.0. The fourth-order valence-corrected chi connectivity index (χ4v) is 6.25. The molecule has 47 heavy (non-hydrogen) atoms. The highest BCUT2D eigenvalue weighted by molar-refractivity contribution is 8.11. The van der Waals surface area contributed by atoms with E-state index in [-0.39, 0.29) is 16.9 Å². The van der Waals surface area contributed by atoms with Gasteiger partial charge in [-0.15, -0.1) is 0 Å². The van der Waals surface area contributed by atoms with Crippen LogP contribution in [0.2, 0.25) is 0 Å². The van der Waals surface area contributed by atoms with E-state index in [9.17, 15) is 19.0 Å². The smallest absolute Gasteiger partial charge is 0.294 e. The van der Waals surface area contributed by atoms with Crippen LogP contribution in [0.5, 0.6) is 11.5 Å². The van der Waals surface area contributed by atoms with E-state index in [1.807, 2.05) is 0 Å². The molecule has 6 unspecified atom stereocenters. The van der Waals surface area contributed by atoms with E-state index >= 15 is 0 Å². The van der Waals surface area contributed by atoms with Crippen molar-refractivity contribution in [2.75, 3.05) is 13.7 Å². The van der Waals surface area contributed by atoms with Crippen LogP contribution in [0.4, 0.5) is 8.78 Å². The molecule has 1 aromatic carbocycles. The van der Waals surface area contributed by atoms with Crippen molar-refractivity contribution in [3.8, 4) is 11.5 Å². The van der Waals surface area contributed by atoms with Crippen molar-refractivity contribution in [3.63, 3.8) is 0 Å². The minimum atomic E-state index is -1.93. The average Bonchev–Trinajstić information content (AvgIpc) is 3.01. The van der Waals surface area contributed by atoms with E-state index in [4.69, 9.17) is 19.9 Å². The zero-order valence-corrected chi connectivity index (χ0v) is 31.8. The molecule has 1 rings (SSSR count). The number of nitrogens with two attached hydrogens (primary N) is 1. The van der Waals surface area contributed by atoms with Crippen molar-refractivity contribution in [3.05, 3.63) is 53.3 Å². The molecule has 0 aromatic heterocycles. The Bertz CT molecular complexity index is 1100. The first-order valence-electron chi connectivity index (χ1n) is 17.0. The number of aliphatic hydroxyl groups excluding tert-OH is 2. The summed E-state index contributed by atoms with van der Waals surface area (Å²) in [6, 6.07) is 4.57. The van der Waals surface area contributed by atoms with Gasteiger partial charge in [-0.25, -0.2) is 4.39 Å². The second kappa shape index (κ2) is 22.4. The largest absolute Gasteiger partial charge is 0.512 e. The molecule has 0 saturated heterocycles. The summed E-state index contributed by atoms with van der Waals surface area (Å²) >= 11 is 1.49. The molecule has 0 aliphatic heterocycles. The van der Waals surface area contributed by atoms with Crippen LogP contribution in [0.25, 0.3) is 4.91 Å². The standard InChI is InChI=1S/C19H27F2NO2S.C19H38O3/c1-6-12(3)10-16(7-2)25-13(4)17-11-15(24-19(21)22)8-9-18(17)23-14(5)20;1-8-15(3)12-16(18(4,5)6)13-19(9-2,10-11-22-7)17(21)14-20/h8-12,14,19H,4,6-7,22H2,1-3,5H3;14-16,20-21H,8-13H2,1-7H3/b16-10-;. The molecule has 9 heteroatoms. The highest BCUT2D eigenvalue weighted by Gasteiger charge is 2.39. The molecule has 6 nitrogen and oxygen atoms in total. The van der Waals surface area contributed by atoms with Gasteiger partial charge >= 0.3 is 0 Å². The van der Waals surface area contributed by atoms with Gasteiger partial charge in [-0.05, 0) is 78.4 Å². The number of methoxy groups -OCH3 is 1. The number of ether oxygens (including phenoxy) is 3. The van der Waals surface area contributed by atoms with E-state index in [2.05, 4.69) is 75.0 Å². The molecule has 6 atom stereocenters. The second-order valence-electron chi connectivity index (χ2n) is 13.6. The van der Waals surface area contributed by atoms with Crippen LogP contribution in [-0.2, 0) is 4.74 Å². The number of hydrogen-bond acceptors (Lipinski definition) is 7. The predicted molar refractivity (Wildman–Crippen MR) is 196 cm³/mol. The van der Waals surface area contributed by atoms with E-state index in [1.165, 1.54) is 37.2 Å². The molecule has 0 spiro atoms. The molecule has 0 aliphatic carbocycles. The lowest BCUT2D eigenvalue weighted by atomic mass is 9.64. The first-order chi connectivity index (χ1) is 21.9. The maximum absolute atomic E-state index is 13.3. The Morgan fingerprint density at radius 3 is 2.15 bits per heavy atom. The van der Waals surface area contributed by atoms with Crippen LogP contribution < -0.4 is 15.2 Å². The van der Waals surface area contributed by atoms with E-state index in [0.29, 0.717) is 40.6 Å². The Morgan fingerprint density at radius 2 is 1.70 bits per heavy atom. The fraction of sp³-hybridized carbons (Fsp3) is 0.684. The van der Waals surface area contributed by atoms with Gasteiger partial charge in [0.15, 0.2) is 0 Å². The van der Waals surface area contributed by atoms with E-state index in [1.54, 1.807) is 13.2 Å². The Hall–Kier alpha value is -2.23. The lowest BCUT2D eigenvalue weighted by molar-refractivity contribution is 0.0606. The summed E-state index contributed by atoms with van der Waals surface area (Å²) in [5.74, 6) is 2.27. The number of allylic oxidation sites excluding steroid dienone is 3. The normalized spacial score (nSPS) is 17.0. The van der Waals surface area contributed by atoms with Crippen molar-refractivity contribution in [2.24, 2.45) is 34.3 Å². The molecular formula is C38H65F2NO5S. The van der Waals surface area contributed by atoms with Gasteiger partial charge < -0.3 is 24.4 Å². The number of thioether (sulfide) groups is 1. The Labute approximate surface area is 289 Å². The number of benzene rings is 1. The lowest BCUT2D eigenvalue weighted by Crippen LogP contribution is -2.33. The second-order valence-corrected chi connectivity index (χ2v) is 14.8. The molecule has 0 bridgehead atoms. The molecule has 272 valence electrons. The topological polar surface area (TPSA) is 94.2 Å². The first-order valence-corrected chi connectivity index (χ1v) is 17.9.